The standard InChI is InChI=1S/C15H27NO2/c1-11(2)14-10-18-9-13-8-17-7-5-6-16(13)15(14)12(3)4/h11-13H,5-10H2,1-4H3. The molecule has 0 aromatic heterocycles. The molecule has 104 valence electrons. The van der Waals surface area contributed by atoms with E-state index < -0.39 is 0 Å². The lowest BCUT2D eigenvalue weighted by molar-refractivity contribution is 0.0545. The lowest BCUT2D eigenvalue weighted by atomic mass is 9.94. The van der Waals surface area contributed by atoms with E-state index in [1.807, 2.05) is 0 Å². The van der Waals surface area contributed by atoms with Gasteiger partial charge in [0.15, 0.2) is 0 Å². The smallest absolute Gasteiger partial charge is 0.0754 e. The van der Waals surface area contributed by atoms with E-state index in [9.17, 15) is 0 Å². The van der Waals surface area contributed by atoms with Crippen LogP contribution in [0.25, 0.3) is 0 Å². The van der Waals surface area contributed by atoms with E-state index in [1.165, 1.54) is 11.3 Å². The largest absolute Gasteiger partial charge is 0.379 e. The molecule has 0 saturated carbocycles. The van der Waals surface area contributed by atoms with Crippen molar-refractivity contribution in [2.24, 2.45) is 11.8 Å². The summed E-state index contributed by atoms with van der Waals surface area (Å²) in [6, 6.07) is 0.404. The van der Waals surface area contributed by atoms with Crippen LogP contribution in [0.15, 0.2) is 11.3 Å². The topological polar surface area (TPSA) is 21.7 Å². The van der Waals surface area contributed by atoms with Gasteiger partial charge in [0.25, 0.3) is 0 Å². The van der Waals surface area contributed by atoms with Gasteiger partial charge in [0.1, 0.15) is 0 Å². The molecule has 0 amide bonds. The molecule has 0 spiro atoms. The first-order valence-electron chi connectivity index (χ1n) is 7.26. The Morgan fingerprint density at radius 2 is 1.78 bits per heavy atom. The molecule has 2 rings (SSSR count). The van der Waals surface area contributed by atoms with E-state index in [0.29, 0.717) is 17.9 Å². The maximum atomic E-state index is 5.89. The van der Waals surface area contributed by atoms with Crippen molar-refractivity contribution in [2.75, 3.05) is 33.0 Å². The molecule has 3 heteroatoms. The van der Waals surface area contributed by atoms with Crippen molar-refractivity contribution >= 4 is 0 Å². The molecule has 18 heavy (non-hydrogen) atoms. The van der Waals surface area contributed by atoms with Gasteiger partial charge in [-0.2, -0.15) is 0 Å². The maximum Gasteiger partial charge on any atom is 0.0754 e. The zero-order valence-electron chi connectivity index (χ0n) is 12.2. The number of fused-ring (bicyclic) bond motifs is 1. The number of allylic oxidation sites excluding steroid dienone is 1. The second-order valence-electron chi connectivity index (χ2n) is 6.01. The van der Waals surface area contributed by atoms with Crippen molar-refractivity contribution in [3.63, 3.8) is 0 Å². The van der Waals surface area contributed by atoms with Gasteiger partial charge < -0.3 is 14.4 Å². The summed E-state index contributed by atoms with van der Waals surface area (Å²) in [5.74, 6) is 1.12. The van der Waals surface area contributed by atoms with Crippen LogP contribution in [-0.4, -0.2) is 43.9 Å². The van der Waals surface area contributed by atoms with Crippen LogP contribution in [-0.2, 0) is 9.47 Å². The molecule has 0 radical (unpaired) electrons. The normalized spacial score (nSPS) is 26.3. The average Bonchev–Trinajstić information content (AvgIpc) is 2.60. The molecule has 1 unspecified atom stereocenters. The van der Waals surface area contributed by atoms with E-state index in [1.54, 1.807) is 0 Å². The summed E-state index contributed by atoms with van der Waals surface area (Å²) in [5, 5.41) is 0. The Kier molecular flexibility index (Phi) is 4.68. The highest BCUT2D eigenvalue weighted by Gasteiger charge is 2.30. The van der Waals surface area contributed by atoms with Gasteiger partial charge in [-0.3, -0.25) is 0 Å². The van der Waals surface area contributed by atoms with Gasteiger partial charge in [-0.05, 0) is 23.8 Å². The quantitative estimate of drug-likeness (QED) is 0.755. The highest BCUT2D eigenvalue weighted by molar-refractivity contribution is 5.20. The van der Waals surface area contributed by atoms with Gasteiger partial charge in [0.05, 0.1) is 25.9 Å². The monoisotopic (exact) mass is 253 g/mol. The maximum absolute atomic E-state index is 5.89. The average molecular weight is 253 g/mol. The van der Waals surface area contributed by atoms with Crippen LogP contribution in [0.2, 0.25) is 0 Å². The third kappa shape index (κ3) is 2.89. The molecule has 0 bridgehead atoms. The van der Waals surface area contributed by atoms with Crippen molar-refractivity contribution < 1.29 is 9.47 Å². The Balaban J connectivity index is 2.35. The first kappa shape index (κ1) is 13.9. The zero-order chi connectivity index (χ0) is 13.1. The van der Waals surface area contributed by atoms with Crippen molar-refractivity contribution in [1.82, 2.24) is 4.90 Å². The molecule has 1 atom stereocenters. The van der Waals surface area contributed by atoms with E-state index in [4.69, 9.17) is 9.47 Å². The highest BCUT2D eigenvalue weighted by atomic mass is 16.5. The second kappa shape index (κ2) is 6.07. The summed E-state index contributed by atoms with van der Waals surface area (Å²) < 4.78 is 11.6. The molecule has 1 saturated heterocycles. The van der Waals surface area contributed by atoms with Crippen molar-refractivity contribution in [1.29, 1.82) is 0 Å². The van der Waals surface area contributed by atoms with Crippen LogP contribution in [0.5, 0.6) is 0 Å². The minimum atomic E-state index is 0.404. The van der Waals surface area contributed by atoms with E-state index >= 15 is 0 Å². The number of nitrogens with zero attached hydrogens (tertiary/aromatic N) is 1. The molecular weight excluding hydrogens is 226 g/mol. The lowest BCUT2D eigenvalue weighted by Gasteiger charge is -2.35. The summed E-state index contributed by atoms with van der Waals surface area (Å²) in [5.41, 5.74) is 2.99. The molecule has 0 aromatic carbocycles. The van der Waals surface area contributed by atoms with E-state index in [2.05, 4.69) is 32.6 Å². The van der Waals surface area contributed by atoms with E-state index in [0.717, 1.165) is 39.4 Å². The number of rotatable bonds is 2. The molecular formula is C15H27NO2. The summed E-state index contributed by atoms with van der Waals surface area (Å²) in [7, 11) is 0. The van der Waals surface area contributed by atoms with Gasteiger partial charge in [-0.1, -0.05) is 27.7 Å². The summed E-state index contributed by atoms with van der Waals surface area (Å²) in [4.78, 5) is 2.57. The summed E-state index contributed by atoms with van der Waals surface area (Å²) in [6.07, 6.45) is 1.12. The van der Waals surface area contributed by atoms with Crippen LogP contribution in [0.1, 0.15) is 34.1 Å². The molecule has 0 N–H and O–H groups in total. The minimum absolute atomic E-state index is 0.404. The third-order valence-electron chi connectivity index (χ3n) is 3.89. The number of hydrogen-bond acceptors (Lipinski definition) is 3. The Hall–Kier alpha value is -0.540. The lowest BCUT2D eigenvalue weighted by Crippen LogP contribution is -2.40. The first-order chi connectivity index (χ1) is 8.61. The molecule has 2 aliphatic rings. The third-order valence-corrected chi connectivity index (χ3v) is 3.89. The van der Waals surface area contributed by atoms with Gasteiger partial charge >= 0.3 is 0 Å². The number of ether oxygens (including phenoxy) is 2. The molecule has 2 aliphatic heterocycles. The Bertz CT molecular complexity index is 310. The Morgan fingerprint density at radius 1 is 1.06 bits per heavy atom. The van der Waals surface area contributed by atoms with Crippen LogP contribution in [0, 0.1) is 11.8 Å². The predicted octanol–water partition coefficient (Wildman–Crippen LogP) is 2.67. The summed E-state index contributed by atoms with van der Waals surface area (Å²) in [6.45, 7) is 13.5. The fourth-order valence-corrected chi connectivity index (χ4v) is 3.01. The highest BCUT2D eigenvalue weighted by Crippen LogP contribution is 2.30. The van der Waals surface area contributed by atoms with Crippen molar-refractivity contribution in [3.8, 4) is 0 Å². The SMILES string of the molecule is CC(C)C1=C(C(C)C)N2CCCOCC2COC1. The van der Waals surface area contributed by atoms with E-state index in [-0.39, 0.29) is 0 Å². The van der Waals surface area contributed by atoms with Gasteiger partial charge in [0, 0.05) is 18.8 Å². The Labute approximate surface area is 111 Å². The Morgan fingerprint density at radius 3 is 2.44 bits per heavy atom. The predicted molar refractivity (Wildman–Crippen MR) is 73.5 cm³/mol. The van der Waals surface area contributed by atoms with Crippen molar-refractivity contribution in [2.45, 2.75) is 40.2 Å². The van der Waals surface area contributed by atoms with Gasteiger partial charge in [-0.15, -0.1) is 0 Å². The first-order valence-corrected chi connectivity index (χ1v) is 7.26. The molecule has 2 heterocycles. The van der Waals surface area contributed by atoms with Crippen LogP contribution < -0.4 is 0 Å². The molecule has 0 aromatic rings. The molecule has 3 nitrogen and oxygen atoms in total. The zero-order valence-corrected chi connectivity index (χ0v) is 12.2. The fraction of sp³-hybridized carbons (Fsp3) is 0.867. The second-order valence-corrected chi connectivity index (χ2v) is 6.01. The minimum Gasteiger partial charge on any atom is -0.379 e. The molecule has 0 aliphatic carbocycles. The summed E-state index contributed by atoms with van der Waals surface area (Å²) >= 11 is 0. The van der Waals surface area contributed by atoms with Crippen LogP contribution >= 0.6 is 0 Å². The number of hydrogen-bond donors (Lipinski definition) is 0. The fourth-order valence-electron chi connectivity index (χ4n) is 3.01. The van der Waals surface area contributed by atoms with Crippen LogP contribution in [0.3, 0.4) is 0 Å². The molecule has 1 fully saturated rings. The van der Waals surface area contributed by atoms with Gasteiger partial charge in [-0.25, -0.2) is 0 Å². The van der Waals surface area contributed by atoms with Gasteiger partial charge in [0.2, 0.25) is 0 Å². The van der Waals surface area contributed by atoms with Crippen LogP contribution in [0.4, 0.5) is 0 Å². The van der Waals surface area contributed by atoms with Crippen molar-refractivity contribution in [3.05, 3.63) is 11.3 Å².